The van der Waals surface area contributed by atoms with Gasteiger partial charge in [-0.25, -0.2) is 4.39 Å². The van der Waals surface area contributed by atoms with Crippen molar-refractivity contribution in [2.75, 3.05) is 6.61 Å². The average molecular weight is 445 g/mol. The molecule has 5 atom stereocenters. The van der Waals surface area contributed by atoms with Crippen molar-refractivity contribution >= 4 is 11.3 Å². The summed E-state index contributed by atoms with van der Waals surface area (Å²) in [5.74, 6) is -0.268. The van der Waals surface area contributed by atoms with Crippen LogP contribution >= 0.6 is 11.3 Å². The molecule has 0 aliphatic carbocycles. The molecule has 4 rings (SSSR count). The second-order valence-electron chi connectivity index (χ2n) is 7.89. The summed E-state index contributed by atoms with van der Waals surface area (Å²) in [7, 11) is 0. The van der Waals surface area contributed by atoms with Gasteiger partial charge in [0.2, 0.25) is 0 Å². The molecule has 1 aliphatic heterocycles. The van der Waals surface area contributed by atoms with Crippen LogP contribution in [0, 0.1) is 12.7 Å². The lowest BCUT2D eigenvalue weighted by Crippen LogP contribution is -2.55. The van der Waals surface area contributed by atoms with Gasteiger partial charge in [-0.1, -0.05) is 30.3 Å². The monoisotopic (exact) mass is 444 g/mol. The summed E-state index contributed by atoms with van der Waals surface area (Å²) < 4.78 is 19.2. The maximum atomic E-state index is 13.5. The molecular weight excluding hydrogens is 419 g/mol. The van der Waals surface area contributed by atoms with Crippen LogP contribution in [-0.4, -0.2) is 51.4 Å². The first-order valence-electron chi connectivity index (χ1n) is 10.1. The first-order valence-corrected chi connectivity index (χ1v) is 10.9. The van der Waals surface area contributed by atoms with Crippen molar-refractivity contribution in [3.8, 4) is 10.4 Å². The van der Waals surface area contributed by atoms with Crippen LogP contribution in [0.1, 0.15) is 27.7 Å². The Balaban J connectivity index is 1.58. The zero-order valence-electron chi connectivity index (χ0n) is 17.0. The number of aliphatic hydroxyl groups excluding tert-OH is 4. The Bertz CT molecular complexity index is 1050. The van der Waals surface area contributed by atoms with Crippen LogP contribution in [0.5, 0.6) is 0 Å². The maximum Gasteiger partial charge on any atom is 0.123 e. The molecule has 0 spiro atoms. The molecule has 31 heavy (non-hydrogen) atoms. The number of ether oxygens (including phenoxy) is 1. The van der Waals surface area contributed by atoms with Gasteiger partial charge in [-0.2, -0.15) is 0 Å². The van der Waals surface area contributed by atoms with Gasteiger partial charge in [-0.3, -0.25) is 0 Å². The van der Waals surface area contributed by atoms with Gasteiger partial charge in [0, 0.05) is 16.2 Å². The molecule has 1 fully saturated rings. The van der Waals surface area contributed by atoms with Crippen LogP contribution in [-0.2, 0) is 11.2 Å². The van der Waals surface area contributed by atoms with Gasteiger partial charge in [0.05, 0.1) is 6.61 Å². The van der Waals surface area contributed by atoms with Gasteiger partial charge in [-0.15, -0.1) is 11.3 Å². The van der Waals surface area contributed by atoms with E-state index in [2.05, 4.69) is 0 Å². The Morgan fingerprint density at radius 3 is 2.52 bits per heavy atom. The predicted molar refractivity (Wildman–Crippen MR) is 116 cm³/mol. The van der Waals surface area contributed by atoms with E-state index in [1.54, 1.807) is 17.4 Å². The lowest BCUT2D eigenvalue weighted by Gasteiger charge is -2.40. The highest BCUT2D eigenvalue weighted by molar-refractivity contribution is 7.15. The van der Waals surface area contributed by atoms with Gasteiger partial charge in [-0.05, 0) is 53.4 Å². The average Bonchev–Trinajstić information content (AvgIpc) is 3.23. The third-order valence-corrected chi connectivity index (χ3v) is 6.86. The van der Waals surface area contributed by atoms with Crippen LogP contribution < -0.4 is 0 Å². The van der Waals surface area contributed by atoms with Crippen LogP contribution in [0.25, 0.3) is 10.4 Å². The fourth-order valence-corrected chi connectivity index (χ4v) is 4.92. The van der Waals surface area contributed by atoms with Crippen molar-refractivity contribution in [1.82, 2.24) is 0 Å². The highest BCUT2D eigenvalue weighted by atomic mass is 32.1. The summed E-state index contributed by atoms with van der Waals surface area (Å²) in [5, 5.41) is 40.0. The van der Waals surface area contributed by atoms with Gasteiger partial charge in [0.1, 0.15) is 36.3 Å². The van der Waals surface area contributed by atoms with E-state index in [1.807, 2.05) is 43.3 Å². The summed E-state index contributed by atoms with van der Waals surface area (Å²) in [5.41, 5.74) is 3.60. The number of hydrogen-bond acceptors (Lipinski definition) is 6. The van der Waals surface area contributed by atoms with Crippen molar-refractivity contribution in [2.45, 2.75) is 43.9 Å². The highest BCUT2D eigenvalue weighted by Gasteiger charge is 2.43. The molecule has 2 heterocycles. The minimum Gasteiger partial charge on any atom is -0.394 e. The van der Waals surface area contributed by atoms with Crippen LogP contribution in [0.3, 0.4) is 0 Å². The van der Waals surface area contributed by atoms with Crippen molar-refractivity contribution in [3.63, 3.8) is 0 Å². The van der Waals surface area contributed by atoms with Crippen LogP contribution in [0.2, 0.25) is 0 Å². The maximum absolute atomic E-state index is 13.5. The molecule has 0 bridgehead atoms. The normalized spacial score (nSPS) is 26.2. The zero-order valence-corrected chi connectivity index (χ0v) is 17.8. The first kappa shape index (κ1) is 22.1. The second-order valence-corrected chi connectivity index (χ2v) is 9.06. The van der Waals surface area contributed by atoms with Gasteiger partial charge < -0.3 is 25.2 Å². The summed E-state index contributed by atoms with van der Waals surface area (Å²) in [6, 6.07) is 16.2. The fraction of sp³-hybridized carbons (Fsp3) is 0.333. The number of hydrogen-bond donors (Lipinski definition) is 4. The molecule has 1 aromatic heterocycles. The molecule has 1 aliphatic rings. The highest BCUT2D eigenvalue weighted by Crippen LogP contribution is 2.35. The van der Waals surface area contributed by atoms with E-state index < -0.39 is 37.1 Å². The van der Waals surface area contributed by atoms with Crippen LogP contribution in [0.4, 0.5) is 4.39 Å². The molecule has 3 aromatic rings. The molecular formula is C24H25FO5S. The largest absolute Gasteiger partial charge is 0.394 e. The Hall–Kier alpha value is -2.13. The second kappa shape index (κ2) is 9.16. The molecule has 7 heteroatoms. The Labute approximate surface area is 184 Å². The number of benzene rings is 2. The van der Waals surface area contributed by atoms with E-state index in [0.717, 1.165) is 26.4 Å². The predicted octanol–water partition coefficient (Wildman–Crippen LogP) is 2.97. The van der Waals surface area contributed by atoms with E-state index in [4.69, 9.17) is 4.74 Å². The number of rotatable bonds is 5. The molecule has 0 radical (unpaired) electrons. The van der Waals surface area contributed by atoms with E-state index in [-0.39, 0.29) is 5.82 Å². The Morgan fingerprint density at radius 2 is 1.77 bits per heavy atom. The SMILES string of the molecule is Cc1ccc(C2OC(CO)C(O)C(O)C2O)cc1Cc1ccc(-c2cccc(F)c2)s1. The zero-order chi connectivity index (χ0) is 22.1. The quantitative estimate of drug-likeness (QED) is 0.486. The van der Waals surface area contributed by atoms with Crippen molar-refractivity contribution in [1.29, 1.82) is 0 Å². The Kier molecular flexibility index (Phi) is 6.52. The number of halogens is 1. The first-order chi connectivity index (χ1) is 14.9. The standard InChI is InChI=1S/C24H25FO5S/c1-13-5-6-15(24-23(29)22(28)21(27)19(12-26)30-24)9-16(13)11-18-7-8-20(31-18)14-3-2-4-17(25)10-14/h2-10,19,21-24,26-29H,11-12H2,1H3. The molecule has 164 valence electrons. The molecule has 1 saturated heterocycles. The molecule has 5 nitrogen and oxygen atoms in total. The smallest absolute Gasteiger partial charge is 0.123 e. The summed E-state index contributed by atoms with van der Waals surface area (Å²) in [6.07, 6.45) is -5.26. The van der Waals surface area contributed by atoms with E-state index >= 15 is 0 Å². The molecule has 0 amide bonds. The summed E-state index contributed by atoms with van der Waals surface area (Å²) in [6.45, 7) is 1.53. The molecule has 0 saturated carbocycles. The van der Waals surface area contributed by atoms with E-state index in [0.29, 0.717) is 12.0 Å². The lowest BCUT2D eigenvalue weighted by molar-refractivity contribution is -0.231. The third-order valence-electron chi connectivity index (χ3n) is 5.73. The molecule has 4 N–H and O–H groups in total. The van der Waals surface area contributed by atoms with Gasteiger partial charge in [0.25, 0.3) is 0 Å². The minimum absolute atomic E-state index is 0.268. The van der Waals surface area contributed by atoms with E-state index in [9.17, 15) is 24.8 Å². The number of thiophene rings is 1. The van der Waals surface area contributed by atoms with Crippen LogP contribution in [0.15, 0.2) is 54.6 Å². The Morgan fingerprint density at radius 1 is 0.968 bits per heavy atom. The van der Waals surface area contributed by atoms with Gasteiger partial charge >= 0.3 is 0 Å². The number of aliphatic hydroxyl groups is 4. The summed E-state index contributed by atoms with van der Waals surface area (Å²) >= 11 is 1.59. The molecule has 5 unspecified atom stereocenters. The topological polar surface area (TPSA) is 90.2 Å². The van der Waals surface area contributed by atoms with Gasteiger partial charge in [0.15, 0.2) is 0 Å². The van der Waals surface area contributed by atoms with E-state index in [1.165, 1.54) is 12.1 Å². The molecule has 2 aromatic carbocycles. The fourth-order valence-electron chi connectivity index (χ4n) is 3.89. The lowest BCUT2D eigenvalue weighted by atomic mass is 9.89. The third kappa shape index (κ3) is 4.57. The van der Waals surface area contributed by atoms with Crippen molar-refractivity contribution < 1.29 is 29.6 Å². The summed E-state index contributed by atoms with van der Waals surface area (Å²) in [4.78, 5) is 2.09. The van der Waals surface area contributed by atoms with Crippen molar-refractivity contribution in [3.05, 3.63) is 82.0 Å². The minimum atomic E-state index is -1.41. The van der Waals surface area contributed by atoms with Crippen molar-refractivity contribution in [2.24, 2.45) is 0 Å². The number of aryl methyl sites for hydroxylation is 1.